The van der Waals surface area contributed by atoms with E-state index in [9.17, 15) is 14.7 Å². The number of aromatic carboxylic acids is 1. The molecule has 0 fully saturated rings. The van der Waals surface area contributed by atoms with Gasteiger partial charge in [0.1, 0.15) is 6.61 Å². The van der Waals surface area contributed by atoms with Gasteiger partial charge in [0.15, 0.2) is 11.5 Å². The van der Waals surface area contributed by atoms with Crippen molar-refractivity contribution in [3.05, 3.63) is 17.7 Å². The maximum Gasteiger partial charge on any atom is 0.337 e. The molecule has 0 unspecified atom stereocenters. The number of hydrogen-bond acceptors (Lipinski definition) is 5. The summed E-state index contributed by atoms with van der Waals surface area (Å²) in [6, 6.07) is 2.83. The monoisotopic (exact) mass is 295 g/mol. The highest BCUT2D eigenvalue weighted by molar-refractivity contribution is 6.01. The van der Waals surface area contributed by atoms with Crippen LogP contribution in [0.3, 0.4) is 0 Å². The van der Waals surface area contributed by atoms with Crippen molar-refractivity contribution in [2.45, 2.75) is 13.3 Å². The SMILES string of the molecule is CCOCC(=O)Nc1cc2c(cc1C(=O)O)OCCCO2. The lowest BCUT2D eigenvalue weighted by molar-refractivity contribution is -0.120. The number of anilines is 1. The Morgan fingerprint density at radius 1 is 1.29 bits per heavy atom. The van der Waals surface area contributed by atoms with Gasteiger partial charge >= 0.3 is 5.97 Å². The molecule has 0 radical (unpaired) electrons. The summed E-state index contributed by atoms with van der Waals surface area (Å²) in [4.78, 5) is 23.0. The van der Waals surface area contributed by atoms with Crippen molar-refractivity contribution < 1.29 is 28.9 Å². The fourth-order valence-corrected chi connectivity index (χ4v) is 1.87. The van der Waals surface area contributed by atoms with Crippen LogP contribution in [-0.2, 0) is 9.53 Å². The van der Waals surface area contributed by atoms with E-state index in [2.05, 4.69) is 5.32 Å². The molecular formula is C14H17NO6. The molecule has 0 saturated heterocycles. The second-order valence-electron chi connectivity index (χ2n) is 4.39. The van der Waals surface area contributed by atoms with E-state index in [1.54, 1.807) is 6.92 Å². The van der Waals surface area contributed by atoms with Crippen molar-refractivity contribution in [3.63, 3.8) is 0 Å². The van der Waals surface area contributed by atoms with Crippen LogP contribution in [0.15, 0.2) is 12.1 Å². The van der Waals surface area contributed by atoms with Crippen LogP contribution in [0.5, 0.6) is 11.5 Å². The van der Waals surface area contributed by atoms with Crippen LogP contribution in [0, 0.1) is 0 Å². The predicted octanol–water partition coefficient (Wildman–Crippen LogP) is 1.52. The Morgan fingerprint density at radius 3 is 2.57 bits per heavy atom. The molecule has 0 bridgehead atoms. The average Bonchev–Trinajstić information content (AvgIpc) is 2.68. The molecule has 0 saturated carbocycles. The highest BCUT2D eigenvalue weighted by Crippen LogP contribution is 2.35. The highest BCUT2D eigenvalue weighted by atomic mass is 16.5. The summed E-state index contributed by atoms with van der Waals surface area (Å²) in [5.41, 5.74) is 0.112. The van der Waals surface area contributed by atoms with Gasteiger partial charge in [-0.3, -0.25) is 4.79 Å². The zero-order valence-corrected chi connectivity index (χ0v) is 11.7. The number of carbonyl (C=O) groups is 2. The van der Waals surface area contributed by atoms with Crippen molar-refractivity contribution >= 4 is 17.6 Å². The maximum absolute atomic E-state index is 11.7. The largest absolute Gasteiger partial charge is 0.490 e. The van der Waals surface area contributed by atoms with Gasteiger partial charge in [0, 0.05) is 25.2 Å². The Bertz CT molecular complexity index is 543. The van der Waals surface area contributed by atoms with Gasteiger partial charge in [-0.1, -0.05) is 0 Å². The van der Waals surface area contributed by atoms with Gasteiger partial charge in [0.05, 0.1) is 24.5 Å². The molecule has 1 aliphatic heterocycles. The third-order valence-electron chi connectivity index (χ3n) is 2.83. The summed E-state index contributed by atoms with van der Waals surface area (Å²) >= 11 is 0. The lowest BCUT2D eigenvalue weighted by atomic mass is 10.1. The van der Waals surface area contributed by atoms with Crippen molar-refractivity contribution in [1.82, 2.24) is 0 Å². The molecule has 1 amide bonds. The van der Waals surface area contributed by atoms with E-state index in [4.69, 9.17) is 14.2 Å². The minimum absolute atomic E-state index is 0.0518. The minimum Gasteiger partial charge on any atom is -0.490 e. The fourth-order valence-electron chi connectivity index (χ4n) is 1.87. The van der Waals surface area contributed by atoms with Gasteiger partial charge in [0.2, 0.25) is 5.91 Å². The summed E-state index contributed by atoms with van der Waals surface area (Å²) in [5, 5.41) is 11.8. The number of benzene rings is 1. The molecule has 0 aromatic heterocycles. The standard InChI is InChI=1S/C14H17NO6/c1-2-19-8-13(16)15-10-7-12-11(6-9(10)14(17)18)20-4-3-5-21-12/h6-7H,2-5,8H2,1H3,(H,15,16)(H,17,18). The van der Waals surface area contributed by atoms with Gasteiger partial charge < -0.3 is 24.6 Å². The molecule has 1 aromatic rings. The Kier molecular flexibility index (Phi) is 4.99. The number of rotatable bonds is 5. The van der Waals surface area contributed by atoms with Crippen molar-refractivity contribution in [2.75, 3.05) is 31.7 Å². The molecule has 114 valence electrons. The van der Waals surface area contributed by atoms with Crippen LogP contribution in [0.2, 0.25) is 0 Å². The maximum atomic E-state index is 11.7. The molecule has 0 aliphatic carbocycles. The zero-order chi connectivity index (χ0) is 15.2. The van der Waals surface area contributed by atoms with E-state index in [1.807, 2.05) is 0 Å². The van der Waals surface area contributed by atoms with Gasteiger partial charge in [-0.2, -0.15) is 0 Å². The van der Waals surface area contributed by atoms with Gasteiger partial charge in [-0.05, 0) is 6.92 Å². The van der Waals surface area contributed by atoms with Crippen molar-refractivity contribution in [3.8, 4) is 11.5 Å². The zero-order valence-electron chi connectivity index (χ0n) is 11.7. The molecule has 2 N–H and O–H groups in total. The lowest BCUT2D eigenvalue weighted by Crippen LogP contribution is -2.20. The van der Waals surface area contributed by atoms with Crippen molar-refractivity contribution in [1.29, 1.82) is 0 Å². The first-order chi connectivity index (χ1) is 10.1. The molecule has 1 heterocycles. The minimum atomic E-state index is -1.16. The molecular weight excluding hydrogens is 278 g/mol. The van der Waals surface area contributed by atoms with Crippen LogP contribution in [0.4, 0.5) is 5.69 Å². The van der Waals surface area contributed by atoms with E-state index in [1.165, 1.54) is 12.1 Å². The lowest BCUT2D eigenvalue weighted by Gasteiger charge is -2.13. The number of carbonyl (C=O) groups excluding carboxylic acids is 1. The van der Waals surface area contributed by atoms with Crippen LogP contribution in [-0.4, -0.2) is 43.4 Å². The Hall–Kier alpha value is -2.28. The molecule has 1 aliphatic rings. The normalized spacial score (nSPS) is 13.4. The summed E-state index contributed by atoms with van der Waals surface area (Å²) in [5.74, 6) is -0.789. The summed E-state index contributed by atoms with van der Waals surface area (Å²) in [6.07, 6.45) is 0.711. The first kappa shape index (κ1) is 15.1. The molecule has 2 rings (SSSR count). The Balaban J connectivity index is 2.27. The number of amides is 1. The number of nitrogens with one attached hydrogen (secondary N) is 1. The van der Waals surface area contributed by atoms with Gasteiger partial charge in [-0.25, -0.2) is 4.79 Å². The number of hydrogen-bond donors (Lipinski definition) is 2. The predicted molar refractivity (Wildman–Crippen MR) is 74.1 cm³/mol. The Morgan fingerprint density at radius 2 is 1.95 bits per heavy atom. The molecule has 0 atom stereocenters. The third kappa shape index (κ3) is 3.85. The van der Waals surface area contributed by atoms with E-state index in [0.29, 0.717) is 37.7 Å². The summed E-state index contributed by atoms with van der Waals surface area (Å²) in [6.45, 7) is 2.97. The van der Waals surface area contributed by atoms with E-state index in [-0.39, 0.29) is 17.9 Å². The molecule has 21 heavy (non-hydrogen) atoms. The highest BCUT2D eigenvalue weighted by Gasteiger charge is 2.20. The Labute approximate surface area is 121 Å². The van der Waals surface area contributed by atoms with Crippen LogP contribution < -0.4 is 14.8 Å². The third-order valence-corrected chi connectivity index (χ3v) is 2.83. The number of ether oxygens (including phenoxy) is 3. The van der Waals surface area contributed by atoms with Crippen LogP contribution in [0.25, 0.3) is 0 Å². The quantitative estimate of drug-likeness (QED) is 0.855. The second kappa shape index (κ2) is 6.94. The van der Waals surface area contributed by atoms with Crippen LogP contribution in [0.1, 0.15) is 23.7 Å². The number of fused-ring (bicyclic) bond motifs is 1. The van der Waals surface area contributed by atoms with Crippen LogP contribution >= 0.6 is 0 Å². The number of carboxylic acid groups (broad SMARTS) is 1. The van der Waals surface area contributed by atoms with E-state index >= 15 is 0 Å². The smallest absolute Gasteiger partial charge is 0.337 e. The average molecular weight is 295 g/mol. The second-order valence-corrected chi connectivity index (χ2v) is 4.39. The molecule has 7 heteroatoms. The molecule has 1 aromatic carbocycles. The first-order valence-corrected chi connectivity index (χ1v) is 6.66. The fraction of sp³-hybridized carbons (Fsp3) is 0.429. The van der Waals surface area contributed by atoms with E-state index in [0.717, 1.165) is 0 Å². The first-order valence-electron chi connectivity index (χ1n) is 6.66. The van der Waals surface area contributed by atoms with Gasteiger partial charge in [-0.15, -0.1) is 0 Å². The number of carboxylic acids is 1. The molecule has 7 nitrogen and oxygen atoms in total. The topological polar surface area (TPSA) is 94.1 Å². The molecule has 0 spiro atoms. The summed E-state index contributed by atoms with van der Waals surface area (Å²) < 4.78 is 15.9. The van der Waals surface area contributed by atoms with Gasteiger partial charge in [0.25, 0.3) is 0 Å². The van der Waals surface area contributed by atoms with Crippen molar-refractivity contribution in [2.24, 2.45) is 0 Å². The summed E-state index contributed by atoms with van der Waals surface area (Å²) in [7, 11) is 0. The van der Waals surface area contributed by atoms with E-state index < -0.39 is 11.9 Å².